The van der Waals surface area contributed by atoms with Crippen LogP contribution in [-0.2, 0) is 28.2 Å². The summed E-state index contributed by atoms with van der Waals surface area (Å²) in [6, 6.07) is 21.0. The highest BCUT2D eigenvalue weighted by Gasteiger charge is 2.83. The van der Waals surface area contributed by atoms with Crippen LogP contribution in [0.15, 0.2) is 60.7 Å². The maximum Gasteiger partial charge on any atom is 0.305 e. The maximum absolute atomic E-state index is 12.2. The fourth-order valence-corrected chi connectivity index (χ4v) is 11.2. The molecule has 0 radical (unpaired) electrons. The first-order valence-electron chi connectivity index (χ1n) is 12.8. The van der Waals surface area contributed by atoms with E-state index in [1.54, 1.807) is 0 Å². The molecule has 0 bridgehead atoms. The Morgan fingerprint density at radius 3 is 1.97 bits per heavy atom. The van der Waals surface area contributed by atoms with Crippen LogP contribution in [0.5, 0.6) is 0 Å². The minimum Gasteiger partial charge on any atom is -0.433 e. The molecule has 2 heterocycles. The van der Waals surface area contributed by atoms with Gasteiger partial charge in [0.15, 0.2) is 5.79 Å². The molecule has 1 unspecified atom stereocenters. The Balaban J connectivity index is 1.63. The largest absolute Gasteiger partial charge is 0.433 e. The molecule has 1 aliphatic carbocycles. The Kier molecular flexibility index (Phi) is 6.04. The average Bonchev–Trinajstić information content (AvgIpc) is 3.14. The summed E-state index contributed by atoms with van der Waals surface area (Å²) < 4.78 is 32.0. The second-order valence-corrected chi connectivity index (χ2v) is 16.3. The van der Waals surface area contributed by atoms with Gasteiger partial charge in [0.25, 0.3) is 8.32 Å². The van der Waals surface area contributed by atoms with Gasteiger partial charge in [0.05, 0.1) is 12.7 Å². The smallest absolute Gasteiger partial charge is 0.305 e. The van der Waals surface area contributed by atoms with Crippen molar-refractivity contribution in [3.63, 3.8) is 0 Å². The van der Waals surface area contributed by atoms with Crippen LogP contribution < -0.4 is 10.4 Å². The van der Waals surface area contributed by atoms with Crippen molar-refractivity contribution in [1.82, 2.24) is 0 Å². The number of carbonyl (C=O) groups is 1. The Bertz CT molecular complexity index is 1070. The van der Waals surface area contributed by atoms with Gasteiger partial charge in [-0.15, -0.1) is 0 Å². The van der Waals surface area contributed by atoms with Crippen LogP contribution in [0.1, 0.15) is 54.9 Å². The molecule has 2 aromatic rings. The Labute approximate surface area is 215 Å². The highest BCUT2D eigenvalue weighted by atomic mass is 28.4. The molecule has 0 spiro atoms. The molecule has 0 amide bonds. The molecule has 2 aromatic carbocycles. The lowest BCUT2D eigenvalue weighted by Crippen LogP contribution is -2.69. The van der Waals surface area contributed by atoms with E-state index in [1.807, 2.05) is 26.0 Å². The van der Waals surface area contributed by atoms with Crippen molar-refractivity contribution >= 4 is 24.7 Å². The molecule has 0 N–H and O–H groups in total. The van der Waals surface area contributed by atoms with E-state index in [0.29, 0.717) is 13.0 Å². The minimum atomic E-state index is -2.93. The van der Waals surface area contributed by atoms with E-state index in [0.717, 1.165) is 0 Å². The molecule has 2 saturated heterocycles. The van der Waals surface area contributed by atoms with Crippen LogP contribution in [0.2, 0.25) is 5.04 Å². The molecule has 7 heteroatoms. The highest BCUT2D eigenvalue weighted by Crippen LogP contribution is 2.71. The van der Waals surface area contributed by atoms with Crippen LogP contribution in [0, 0.1) is 5.41 Å². The lowest BCUT2D eigenvalue weighted by atomic mass is 9.95. The number of benzene rings is 2. The first kappa shape index (κ1) is 25.6. The van der Waals surface area contributed by atoms with E-state index < -0.39 is 31.4 Å². The van der Waals surface area contributed by atoms with Crippen LogP contribution in [0.3, 0.4) is 0 Å². The quantitative estimate of drug-likeness (QED) is 0.430. The molecule has 5 atom stereocenters. The third kappa shape index (κ3) is 3.87. The number of esters is 1. The van der Waals surface area contributed by atoms with E-state index in [9.17, 15) is 4.79 Å². The molecule has 5 rings (SSSR count). The van der Waals surface area contributed by atoms with E-state index in [-0.39, 0.29) is 23.2 Å². The molecule has 2 aliphatic heterocycles. The van der Waals surface area contributed by atoms with Gasteiger partial charge < -0.3 is 23.4 Å². The topological polar surface area (TPSA) is 63.2 Å². The molecule has 3 aliphatic rings. The molecule has 194 valence electrons. The summed E-state index contributed by atoms with van der Waals surface area (Å²) in [7, 11) is -2.93. The third-order valence-corrected chi connectivity index (χ3v) is 13.2. The van der Waals surface area contributed by atoms with Gasteiger partial charge in [0, 0.05) is 12.3 Å². The summed E-state index contributed by atoms with van der Waals surface area (Å²) in [5.74, 6) is -1.07. The van der Waals surface area contributed by atoms with Crippen molar-refractivity contribution in [2.24, 2.45) is 5.41 Å². The van der Waals surface area contributed by atoms with Gasteiger partial charge in [-0.05, 0) is 35.7 Å². The highest BCUT2D eigenvalue weighted by molar-refractivity contribution is 6.99. The monoisotopic (exact) mass is 510 g/mol. The average molecular weight is 511 g/mol. The van der Waals surface area contributed by atoms with E-state index in [2.05, 4.69) is 76.2 Å². The van der Waals surface area contributed by atoms with Gasteiger partial charge in [-0.25, -0.2) is 0 Å². The SMILES string of the molecule is CC(=O)OC1O[C@H]([C@@H]2COC(C)(C)O2)[C@@]2(C)C[C@@]12O[Si](c1ccccc1)(c1ccccc1)C(C)(C)C. The van der Waals surface area contributed by atoms with Gasteiger partial charge >= 0.3 is 5.97 Å². The van der Waals surface area contributed by atoms with Gasteiger partial charge in [-0.1, -0.05) is 88.4 Å². The summed E-state index contributed by atoms with van der Waals surface area (Å²) in [5, 5.41) is 2.14. The maximum atomic E-state index is 12.2. The fourth-order valence-electron chi connectivity index (χ4n) is 6.35. The van der Waals surface area contributed by atoms with E-state index in [4.69, 9.17) is 23.4 Å². The number of hydrogen-bond donors (Lipinski definition) is 0. The molecule has 36 heavy (non-hydrogen) atoms. The molecule has 3 fully saturated rings. The van der Waals surface area contributed by atoms with Crippen LogP contribution in [-0.4, -0.2) is 50.8 Å². The number of hydrogen-bond acceptors (Lipinski definition) is 6. The standard InChI is InChI=1S/C29H38O6Si/c1-20(30)32-25-29(19-28(29,7)24(33-25)23-18-31-27(5,6)34-23)35-36(26(2,3)4,21-14-10-8-11-15-21)22-16-12-9-13-17-22/h8-17,23-25H,18-19H2,1-7H3/t23-,24+,25?,28+,29+/m0/s1. The molecular weight excluding hydrogens is 472 g/mol. The predicted octanol–water partition coefficient (Wildman–Crippen LogP) is 4.15. The molecule has 6 nitrogen and oxygen atoms in total. The third-order valence-electron chi connectivity index (χ3n) is 8.14. The zero-order chi connectivity index (χ0) is 26.0. The first-order valence-corrected chi connectivity index (χ1v) is 14.7. The molecule has 1 saturated carbocycles. The second kappa shape index (κ2) is 8.50. The van der Waals surface area contributed by atoms with Crippen molar-refractivity contribution in [3.8, 4) is 0 Å². The van der Waals surface area contributed by atoms with Crippen molar-refractivity contribution in [3.05, 3.63) is 60.7 Å². The van der Waals surface area contributed by atoms with Gasteiger partial charge in [-0.3, -0.25) is 4.79 Å². The number of ether oxygens (including phenoxy) is 4. The minimum absolute atomic E-state index is 0.220. The fraction of sp³-hybridized carbons (Fsp3) is 0.552. The Morgan fingerprint density at radius 2 is 1.53 bits per heavy atom. The summed E-state index contributed by atoms with van der Waals surface area (Å²) in [4.78, 5) is 12.2. The number of carbonyl (C=O) groups excluding carboxylic acids is 1. The van der Waals surface area contributed by atoms with Crippen LogP contribution in [0.4, 0.5) is 0 Å². The summed E-state index contributed by atoms with van der Waals surface area (Å²) in [6.45, 7) is 14.6. The molecular formula is C29H38O6Si. The Hall–Kier alpha value is -2.03. The number of fused-ring (bicyclic) bond motifs is 1. The Morgan fingerprint density at radius 1 is 0.972 bits per heavy atom. The first-order chi connectivity index (χ1) is 16.8. The summed E-state index contributed by atoms with van der Waals surface area (Å²) in [5.41, 5.74) is -1.18. The lowest BCUT2D eigenvalue weighted by Gasteiger charge is -2.46. The molecule has 0 aromatic heterocycles. The second-order valence-electron chi connectivity index (χ2n) is 12.1. The van der Waals surface area contributed by atoms with Crippen LogP contribution >= 0.6 is 0 Å². The van der Waals surface area contributed by atoms with Crippen molar-refractivity contribution in [2.45, 2.75) is 89.8 Å². The predicted molar refractivity (Wildman–Crippen MR) is 139 cm³/mol. The van der Waals surface area contributed by atoms with Crippen molar-refractivity contribution in [1.29, 1.82) is 0 Å². The van der Waals surface area contributed by atoms with Crippen molar-refractivity contribution < 1.29 is 28.2 Å². The number of rotatable bonds is 6. The van der Waals surface area contributed by atoms with E-state index >= 15 is 0 Å². The zero-order valence-corrected chi connectivity index (χ0v) is 23.4. The van der Waals surface area contributed by atoms with Gasteiger partial charge in [-0.2, -0.15) is 0 Å². The van der Waals surface area contributed by atoms with E-state index in [1.165, 1.54) is 17.3 Å². The van der Waals surface area contributed by atoms with Crippen LogP contribution in [0.25, 0.3) is 0 Å². The normalized spacial score (nSPS) is 33.2. The lowest BCUT2D eigenvalue weighted by molar-refractivity contribution is -0.212. The van der Waals surface area contributed by atoms with Gasteiger partial charge in [0.2, 0.25) is 6.29 Å². The van der Waals surface area contributed by atoms with Gasteiger partial charge in [0.1, 0.15) is 11.7 Å². The summed E-state index contributed by atoms with van der Waals surface area (Å²) >= 11 is 0. The summed E-state index contributed by atoms with van der Waals surface area (Å²) in [6.07, 6.45) is -0.691. The van der Waals surface area contributed by atoms with Crippen molar-refractivity contribution in [2.75, 3.05) is 6.61 Å². The zero-order valence-electron chi connectivity index (χ0n) is 22.4.